The number of rotatable bonds is 2. The Labute approximate surface area is 108 Å². The summed E-state index contributed by atoms with van der Waals surface area (Å²) in [4.78, 5) is 12.1. The summed E-state index contributed by atoms with van der Waals surface area (Å²) < 4.78 is 14.7. The van der Waals surface area contributed by atoms with Crippen molar-refractivity contribution in [1.82, 2.24) is 4.37 Å². The van der Waals surface area contributed by atoms with Crippen molar-refractivity contribution in [2.75, 3.05) is 12.1 Å². The van der Waals surface area contributed by atoms with Crippen LogP contribution < -0.4 is 14.8 Å². The molecule has 2 heterocycles. The van der Waals surface area contributed by atoms with Crippen LogP contribution in [0.25, 0.3) is 0 Å². The van der Waals surface area contributed by atoms with Crippen molar-refractivity contribution < 1.29 is 14.3 Å². The van der Waals surface area contributed by atoms with Gasteiger partial charge < -0.3 is 14.8 Å². The molecule has 0 bridgehead atoms. The predicted molar refractivity (Wildman–Crippen MR) is 67.4 cm³/mol. The second kappa shape index (κ2) is 4.30. The first-order chi connectivity index (χ1) is 8.75. The maximum atomic E-state index is 12.1. The van der Waals surface area contributed by atoms with Crippen molar-refractivity contribution in [3.63, 3.8) is 0 Å². The Morgan fingerprint density at radius 1 is 1.44 bits per heavy atom. The number of hydrogen-bond acceptors (Lipinski definition) is 5. The summed E-state index contributed by atoms with van der Waals surface area (Å²) in [7, 11) is 0. The van der Waals surface area contributed by atoms with Gasteiger partial charge in [0.15, 0.2) is 11.5 Å². The zero-order valence-corrected chi connectivity index (χ0v) is 10.4. The monoisotopic (exact) mass is 262 g/mol. The van der Waals surface area contributed by atoms with Crippen LogP contribution in [0, 0.1) is 6.92 Å². The number of aromatic nitrogens is 1. The van der Waals surface area contributed by atoms with Crippen molar-refractivity contribution in [3.8, 4) is 11.5 Å². The fourth-order valence-electron chi connectivity index (χ4n) is 1.73. The van der Waals surface area contributed by atoms with Gasteiger partial charge in [-0.3, -0.25) is 4.79 Å². The molecule has 0 atom stereocenters. The standard InChI is InChI=1S/C12H10N2O3S/c1-7-8(5-18-14-7)12(15)13-9-3-2-4-10-11(9)17-6-16-10/h2-5H,6H2,1H3,(H,13,15). The van der Waals surface area contributed by atoms with Crippen LogP contribution in [0.1, 0.15) is 16.1 Å². The second-order valence-corrected chi connectivity index (χ2v) is 4.44. The molecule has 1 amide bonds. The third-order valence-corrected chi connectivity index (χ3v) is 3.36. The quantitative estimate of drug-likeness (QED) is 0.903. The molecule has 1 aromatic heterocycles. The molecule has 6 heteroatoms. The number of ether oxygens (including phenoxy) is 2. The molecular weight excluding hydrogens is 252 g/mol. The molecule has 1 aliphatic heterocycles. The lowest BCUT2D eigenvalue weighted by molar-refractivity contribution is 0.102. The Morgan fingerprint density at radius 3 is 3.11 bits per heavy atom. The number of nitrogens with one attached hydrogen (secondary N) is 1. The zero-order valence-electron chi connectivity index (χ0n) is 9.60. The van der Waals surface area contributed by atoms with Gasteiger partial charge in [0.25, 0.3) is 5.91 Å². The van der Waals surface area contributed by atoms with Crippen LogP contribution in [0.4, 0.5) is 5.69 Å². The number of carbonyl (C=O) groups excluding carboxylic acids is 1. The summed E-state index contributed by atoms with van der Waals surface area (Å²) in [6, 6.07) is 5.39. The van der Waals surface area contributed by atoms with Gasteiger partial charge in [-0.15, -0.1) is 0 Å². The second-order valence-electron chi connectivity index (χ2n) is 3.81. The Balaban J connectivity index is 1.88. The SMILES string of the molecule is Cc1nscc1C(=O)Nc1cccc2c1OCO2. The van der Waals surface area contributed by atoms with Crippen molar-refractivity contribution in [3.05, 3.63) is 34.8 Å². The molecule has 92 valence electrons. The van der Waals surface area contributed by atoms with Gasteiger partial charge in [0.1, 0.15) is 0 Å². The lowest BCUT2D eigenvalue weighted by Gasteiger charge is -2.07. The normalized spacial score (nSPS) is 12.5. The van der Waals surface area contributed by atoms with Gasteiger partial charge >= 0.3 is 0 Å². The first kappa shape index (κ1) is 11.0. The number of aryl methyl sites for hydroxylation is 1. The minimum absolute atomic E-state index is 0.182. The highest BCUT2D eigenvalue weighted by molar-refractivity contribution is 7.04. The number of carbonyl (C=O) groups is 1. The van der Waals surface area contributed by atoms with Crippen LogP contribution in [0.3, 0.4) is 0 Å². The van der Waals surface area contributed by atoms with Crippen molar-refractivity contribution >= 4 is 23.1 Å². The van der Waals surface area contributed by atoms with Gasteiger partial charge in [-0.2, -0.15) is 4.37 Å². The molecule has 0 spiro atoms. The molecule has 2 aromatic rings. The van der Waals surface area contributed by atoms with Gasteiger partial charge in [0.05, 0.1) is 16.9 Å². The van der Waals surface area contributed by atoms with Crippen LogP contribution in [-0.4, -0.2) is 17.1 Å². The molecular formula is C12H10N2O3S. The predicted octanol–water partition coefficient (Wildman–Crippen LogP) is 2.43. The van der Waals surface area contributed by atoms with Crippen molar-refractivity contribution in [1.29, 1.82) is 0 Å². The molecule has 0 saturated carbocycles. The molecule has 0 saturated heterocycles. The topological polar surface area (TPSA) is 60.5 Å². The third kappa shape index (κ3) is 1.80. The van der Waals surface area contributed by atoms with Crippen LogP contribution >= 0.6 is 11.5 Å². The van der Waals surface area contributed by atoms with E-state index in [1.807, 2.05) is 6.07 Å². The molecule has 1 N–H and O–H groups in total. The van der Waals surface area contributed by atoms with E-state index in [2.05, 4.69) is 9.69 Å². The molecule has 3 rings (SSSR count). The number of anilines is 1. The highest BCUT2D eigenvalue weighted by atomic mass is 32.1. The van der Waals surface area contributed by atoms with E-state index in [0.29, 0.717) is 22.7 Å². The fraction of sp³-hybridized carbons (Fsp3) is 0.167. The molecule has 0 aliphatic carbocycles. The number of nitrogens with zero attached hydrogens (tertiary/aromatic N) is 1. The summed E-state index contributed by atoms with van der Waals surface area (Å²) in [5, 5.41) is 4.54. The summed E-state index contributed by atoms with van der Waals surface area (Å²) in [6.45, 7) is 1.99. The Bertz CT molecular complexity index is 609. The van der Waals surface area contributed by atoms with E-state index in [1.165, 1.54) is 11.5 Å². The van der Waals surface area contributed by atoms with E-state index in [4.69, 9.17) is 9.47 Å². The maximum absolute atomic E-state index is 12.1. The number of para-hydroxylation sites is 1. The molecule has 1 aromatic carbocycles. The first-order valence-electron chi connectivity index (χ1n) is 5.36. The number of hydrogen-bond donors (Lipinski definition) is 1. The van der Waals surface area contributed by atoms with Gasteiger partial charge in [-0.05, 0) is 30.6 Å². The summed E-state index contributed by atoms with van der Waals surface area (Å²) in [5.41, 5.74) is 1.92. The third-order valence-electron chi connectivity index (χ3n) is 2.64. The van der Waals surface area contributed by atoms with E-state index < -0.39 is 0 Å². The van der Waals surface area contributed by atoms with Crippen LogP contribution in [0.15, 0.2) is 23.6 Å². The van der Waals surface area contributed by atoms with Crippen LogP contribution in [0.5, 0.6) is 11.5 Å². The van der Waals surface area contributed by atoms with Gasteiger partial charge in [0, 0.05) is 5.38 Å². The first-order valence-corrected chi connectivity index (χ1v) is 6.20. The molecule has 5 nitrogen and oxygen atoms in total. The molecule has 0 radical (unpaired) electrons. The van der Waals surface area contributed by atoms with Crippen molar-refractivity contribution in [2.24, 2.45) is 0 Å². The van der Waals surface area contributed by atoms with Gasteiger partial charge in [-0.1, -0.05) is 6.07 Å². The zero-order chi connectivity index (χ0) is 12.5. The smallest absolute Gasteiger partial charge is 0.258 e. The average molecular weight is 262 g/mol. The molecule has 0 fully saturated rings. The van der Waals surface area contributed by atoms with E-state index in [-0.39, 0.29) is 12.7 Å². The number of fused-ring (bicyclic) bond motifs is 1. The highest BCUT2D eigenvalue weighted by Crippen LogP contribution is 2.38. The van der Waals surface area contributed by atoms with Crippen LogP contribution in [0.2, 0.25) is 0 Å². The Kier molecular flexibility index (Phi) is 2.64. The lowest BCUT2D eigenvalue weighted by atomic mass is 10.2. The molecule has 18 heavy (non-hydrogen) atoms. The van der Waals surface area contributed by atoms with E-state index in [0.717, 1.165) is 5.69 Å². The largest absolute Gasteiger partial charge is 0.454 e. The Morgan fingerprint density at radius 2 is 2.33 bits per heavy atom. The Hall–Kier alpha value is -2.08. The van der Waals surface area contributed by atoms with Crippen molar-refractivity contribution in [2.45, 2.75) is 6.92 Å². The van der Waals surface area contributed by atoms with Crippen LogP contribution in [-0.2, 0) is 0 Å². The summed E-state index contributed by atoms with van der Waals surface area (Å²) in [5.74, 6) is 1.03. The molecule has 0 unspecified atom stereocenters. The van der Waals surface area contributed by atoms with Gasteiger partial charge in [-0.25, -0.2) is 0 Å². The van der Waals surface area contributed by atoms with Gasteiger partial charge in [0.2, 0.25) is 6.79 Å². The summed E-state index contributed by atoms with van der Waals surface area (Å²) in [6.07, 6.45) is 0. The minimum atomic E-state index is -0.190. The average Bonchev–Trinajstić information content (AvgIpc) is 2.97. The lowest BCUT2D eigenvalue weighted by Crippen LogP contribution is -2.12. The minimum Gasteiger partial charge on any atom is -0.454 e. The molecule has 1 aliphatic rings. The number of benzene rings is 1. The number of amides is 1. The highest BCUT2D eigenvalue weighted by Gasteiger charge is 2.20. The summed E-state index contributed by atoms with van der Waals surface area (Å²) >= 11 is 1.26. The van der Waals surface area contributed by atoms with E-state index in [9.17, 15) is 4.79 Å². The maximum Gasteiger partial charge on any atom is 0.258 e. The van der Waals surface area contributed by atoms with E-state index >= 15 is 0 Å². The fourth-order valence-corrected chi connectivity index (χ4v) is 2.42. The van der Waals surface area contributed by atoms with E-state index in [1.54, 1.807) is 24.4 Å².